The highest BCUT2D eigenvalue weighted by atomic mass is 19.4. The summed E-state index contributed by atoms with van der Waals surface area (Å²) >= 11 is 0. The molecule has 1 saturated heterocycles. The highest BCUT2D eigenvalue weighted by Gasteiger charge is 2.33. The molecule has 2 heterocycles. The minimum absolute atomic E-state index is 0.105. The van der Waals surface area contributed by atoms with Gasteiger partial charge in [0.15, 0.2) is 0 Å². The first-order chi connectivity index (χ1) is 12.9. The van der Waals surface area contributed by atoms with Crippen LogP contribution in [0.1, 0.15) is 53.5 Å². The zero-order valence-electron chi connectivity index (χ0n) is 15.4. The van der Waals surface area contributed by atoms with Gasteiger partial charge in [0.25, 0.3) is 5.91 Å². The molecule has 0 unspecified atom stereocenters. The van der Waals surface area contributed by atoms with Gasteiger partial charge < -0.3 is 4.90 Å². The van der Waals surface area contributed by atoms with Crippen molar-refractivity contribution in [2.45, 2.75) is 45.2 Å². The Morgan fingerprint density at radius 2 is 2.11 bits per heavy atom. The number of rotatable bonds is 5. The molecule has 1 atom stereocenters. The number of aromatic nitrogens is 2. The van der Waals surface area contributed by atoms with E-state index in [9.17, 15) is 18.0 Å². The van der Waals surface area contributed by atoms with Gasteiger partial charge in [0.1, 0.15) is 5.69 Å². The standard InChI is InChI=1S/C20H24F3N3O/c1-2-16-12-18(25-24-16)19(27)26-11-5-6-14(13-26)9-10-15-7-3-4-8-17(15)20(21,22)23/h3-4,7-8,12,14H,2,5-6,9-11,13H2,1H3,(H,24,25)/t14-/m0/s1. The van der Waals surface area contributed by atoms with Gasteiger partial charge in [0.05, 0.1) is 5.56 Å². The maximum absolute atomic E-state index is 13.1. The van der Waals surface area contributed by atoms with Crippen molar-refractivity contribution < 1.29 is 18.0 Å². The summed E-state index contributed by atoms with van der Waals surface area (Å²) in [6, 6.07) is 7.51. The third kappa shape index (κ3) is 4.70. The Labute approximate surface area is 156 Å². The van der Waals surface area contributed by atoms with Crippen LogP contribution >= 0.6 is 0 Å². The number of nitrogens with one attached hydrogen (secondary N) is 1. The first kappa shape index (κ1) is 19.5. The highest BCUT2D eigenvalue weighted by molar-refractivity contribution is 5.92. The van der Waals surface area contributed by atoms with E-state index in [4.69, 9.17) is 0 Å². The van der Waals surface area contributed by atoms with Gasteiger partial charge in [-0.2, -0.15) is 18.3 Å². The van der Waals surface area contributed by atoms with Crippen molar-refractivity contribution in [3.63, 3.8) is 0 Å². The van der Waals surface area contributed by atoms with Crippen LogP contribution in [0.3, 0.4) is 0 Å². The zero-order valence-corrected chi connectivity index (χ0v) is 15.4. The van der Waals surface area contributed by atoms with E-state index in [1.54, 1.807) is 23.1 Å². The largest absolute Gasteiger partial charge is 0.416 e. The van der Waals surface area contributed by atoms with Gasteiger partial charge in [-0.05, 0) is 55.7 Å². The molecular formula is C20H24F3N3O. The van der Waals surface area contributed by atoms with Crippen LogP contribution < -0.4 is 0 Å². The molecule has 1 aliphatic rings. The average molecular weight is 379 g/mol. The number of alkyl halides is 3. The maximum Gasteiger partial charge on any atom is 0.416 e. The van der Waals surface area contributed by atoms with Crippen LogP contribution in [0.5, 0.6) is 0 Å². The second kappa shape index (κ2) is 8.15. The maximum atomic E-state index is 13.1. The molecular weight excluding hydrogens is 355 g/mol. The monoisotopic (exact) mass is 379 g/mol. The predicted molar refractivity (Wildman–Crippen MR) is 96.4 cm³/mol. The van der Waals surface area contributed by atoms with E-state index < -0.39 is 11.7 Å². The molecule has 1 amide bonds. The highest BCUT2D eigenvalue weighted by Crippen LogP contribution is 2.33. The third-order valence-corrected chi connectivity index (χ3v) is 5.18. The Morgan fingerprint density at radius 3 is 2.81 bits per heavy atom. The number of hydrogen-bond acceptors (Lipinski definition) is 2. The number of piperidine rings is 1. The van der Waals surface area contributed by atoms with Crippen molar-refractivity contribution in [2.75, 3.05) is 13.1 Å². The van der Waals surface area contributed by atoms with E-state index in [1.165, 1.54) is 6.07 Å². The number of aromatic amines is 1. The van der Waals surface area contributed by atoms with Gasteiger partial charge >= 0.3 is 6.18 Å². The smallest absolute Gasteiger partial charge is 0.337 e. The summed E-state index contributed by atoms with van der Waals surface area (Å²) in [5.41, 5.74) is 1.09. The van der Waals surface area contributed by atoms with Crippen LogP contribution in [-0.4, -0.2) is 34.1 Å². The summed E-state index contributed by atoms with van der Waals surface area (Å²) in [6.07, 6.45) is -0.757. The van der Waals surface area contributed by atoms with E-state index in [0.717, 1.165) is 31.0 Å². The number of amides is 1. The minimum Gasteiger partial charge on any atom is -0.337 e. The second-order valence-corrected chi connectivity index (χ2v) is 7.08. The molecule has 0 radical (unpaired) electrons. The molecule has 146 valence electrons. The van der Waals surface area contributed by atoms with Gasteiger partial charge in [-0.3, -0.25) is 9.89 Å². The van der Waals surface area contributed by atoms with Crippen molar-refractivity contribution in [3.8, 4) is 0 Å². The van der Waals surface area contributed by atoms with Crippen LogP contribution in [-0.2, 0) is 19.0 Å². The van der Waals surface area contributed by atoms with Gasteiger partial charge in [-0.25, -0.2) is 0 Å². The van der Waals surface area contributed by atoms with E-state index in [-0.39, 0.29) is 11.8 Å². The number of benzene rings is 1. The van der Waals surface area contributed by atoms with Crippen molar-refractivity contribution in [3.05, 3.63) is 52.8 Å². The van der Waals surface area contributed by atoms with E-state index in [1.807, 2.05) is 6.92 Å². The molecule has 3 rings (SSSR count). The summed E-state index contributed by atoms with van der Waals surface area (Å²) in [4.78, 5) is 14.4. The van der Waals surface area contributed by atoms with Gasteiger partial charge in [-0.15, -0.1) is 0 Å². The lowest BCUT2D eigenvalue weighted by molar-refractivity contribution is -0.138. The van der Waals surface area contributed by atoms with E-state index in [2.05, 4.69) is 10.2 Å². The minimum atomic E-state index is -4.33. The lowest BCUT2D eigenvalue weighted by Crippen LogP contribution is -2.40. The molecule has 7 heteroatoms. The first-order valence-electron chi connectivity index (χ1n) is 9.37. The average Bonchev–Trinajstić information content (AvgIpc) is 3.15. The number of halogens is 3. The SMILES string of the molecule is CCc1cc(C(=O)N2CCC[C@@H](CCc3ccccc3C(F)(F)F)C2)n[nH]1. The van der Waals surface area contributed by atoms with Gasteiger partial charge in [-0.1, -0.05) is 25.1 Å². The Balaban J connectivity index is 1.61. The second-order valence-electron chi connectivity index (χ2n) is 7.08. The molecule has 0 bridgehead atoms. The summed E-state index contributed by atoms with van der Waals surface area (Å²) in [5.74, 6) is 0.0971. The van der Waals surface area contributed by atoms with Crippen LogP contribution in [0.4, 0.5) is 13.2 Å². The topological polar surface area (TPSA) is 49.0 Å². The Morgan fingerprint density at radius 1 is 1.33 bits per heavy atom. The van der Waals surface area contributed by atoms with Crippen LogP contribution in [0.2, 0.25) is 0 Å². The fourth-order valence-corrected chi connectivity index (χ4v) is 3.67. The molecule has 0 spiro atoms. The Kier molecular flexibility index (Phi) is 5.87. The summed E-state index contributed by atoms with van der Waals surface area (Å²) < 4.78 is 39.4. The fraction of sp³-hybridized carbons (Fsp3) is 0.500. The number of likely N-dealkylation sites (tertiary alicyclic amines) is 1. The Hall–Kier alpha value is -2.31. The van der Waals surface area contributed by atoms with Gasteiger partial charge in [0.2, 0.25) is 0 Å². The number of nitrogens with zero attached hydrogens (tertiary/aromatic N) is 2. The molecule has 4 nitrogen and oxygen atoms in total. The fourth-order valence-electron chi connectivity index (χ4n) is 3.67. The number of hydrogen-bond donors (Lipinski definition) is 1. The molecule has 1 aromatic heterocycles. The summed E-state index contributed by atoms with van der Waals surface area (Å²) in [6.45, 7) is 3.22. The first-order valence-corrected chi connectivity index (χ1v) is 9.37. The zero-order chi connectivity index (χ0) is 19.4. The van der Waals surface area contributed by atoms with Crippen LogP contribution in [0.25, 0.3) is 0 Å². The molecule has 1 aromatic carbocycles. The number of carbonyl (C=O) groups is 1. The summed E-state index contributed by atoms with van der Waals surface area (Å²) in [5, 5.41) is 6.93. The third-order valence-electron chi connectivity index (χ3n) is 5.18. The number of aryl methyl sites for hydroxylation is 2. The molecule has 0 aliphatic carbocycles. The van der Waals surface area contributed by atoms with Crippen molar-refractivity contribution in [1.29, 1.82) is 0 Å². The molecule has 27 heavy (non-hydrogen) atoms. The van der Waals surface area contributed by atoms with Crippen molar-refractivity contribution >= 4 is 5.91 Å². The normalized spacial score (nSPS) is 17.9. The molecule has 1 fully saturated rings. The van der Waals surface area contributed by atoms with Crippen LogP contribution in [0, 0.1) is 5.92 Å². The molecule has 1 N–H and O–H groups in total. The van der Waals surface area contributed by atoms with Crippen molar-refractivity contribution in [2.24, 2.45) is 5.92 Å². The lowest BCUT2D eigenvalue weighted by atomic mass is 9.90. The Bertz CT molecular complexity index is 785. The molecule has 0 saturated carbocycles. The van der Waals surface area contributed by atoms with Crippen LogP contribution in [0.15, 0.2) is 30.3 Å². The number of carbonyl (C=O) groups excluding carboxylic acids is 1. The summed E-state index contributed by atoms with van der Waals surface area (Å²) in [7, 11) is 0. The quantitative estimate of drug-likeness (QED) is 0.833. The molecule has 1 aliphatic heterocycles. The van der Waals surface area contributed by atoms with E-state index >= 15 is 0 Å². The predicted octanol–water partition coefficient (Wildman–Crippen LogP) is 4.48. The lowest BCUT2D eigenvalue weighted by Gasteiger charge is -2.32. The van der Waals surface area contributed by atoms with Crippen molar-refractivity contribution in [1.82, 2.24) is 15.1 Å². The van der Waals surface area contributed by atoms with E-state index in [0.29, 0.717) is 37.2 Å². The number of H-pyrrole nitrogens is 1. The molecule has 2 aromatic rings. The van der Waals surface area contributed by atoms with Gasteiger partial charge in [0, 0.05) is 18.8 Å².